The van der Waals surface area contributed by atoms with Gasteiger partial charge in [0.1, 0.15) is 0 Å². The van der Waals surface area contributed by atoms with Gasteiger partial charge in [-0.25, -0.2) is 4.79 Å². The minimum absolute atomic E-state index is 0.00593. The third-order valence-electron chi connectivity index (χ3n) is 9.42. The maximum absolute atomic E-state index is 13.3. The van der Waals surface area contributed by atoms with Crippen LogP contribution in [0.5, 0.6) is 0 Å². The Labute approximate surface area is 217 Å². The average molecular weight is 505 g/mol. The number of fused-ring (bicyclic) bond motifs is 1. The van der Waals surface area contributed by atoms with Crippen molar-refractivity contribution in [3.05, 3.63) is 0 Å². The van der Waals surface area contributed by atoms with Crippen LogP contribution in [0.2, 0.25) is 0 Å². The number of carbonyl (C=O) groups is 3. The number of carbonyl (C=O) groups excluding carboxylic acids is 3. The number of nitrogens with zero attached hydrogens (tertiary/aromatic N) is 3. The summed E-state index contributed by atoms with van der Waals surface area (Å²) in [6.45, 7) is 9.41. The largest absolute Gasteiger partial charge is 0.447 e. The smallest absolute Gasteiger partial charge is 0.410 e. The molecule has 2 aliphatic heterocycles. The molecule has 4 aliphatic rings. The van der Waals surface area contributed by atoms with E-state index in [0.717, 1.165) is 64.3 Å². The molecular formula is C28H48N4O4. The Balaban J connectivity index is 1.40. The Morgan fingerprint density at radius 1 is 0.917 bits per heavy atom. The fourth-order valence-electron chi connectivity index (χ4n) is 7.72. The first-order chi connectivity index (χ1) is 17.2. The van der Waals surface area contributed by atoms with Gasteiger partial charge in [0.25, 0.3) is 0 Å². The molecule has 0 bridgehead atoms. The Morgan fingerprint density at radius 2 is 1.61 bits per heavy atom. The fraction of sp³-hybridized carbons (Fsp3) is 0.893. The van der Waals surface area contributed by atoms with Crippen LogP contribution in [-0.2, 0) is 14.3 Å². The molecule has 2 aliphatic carbocycles. The molecule has 0 aromatic carbocycles. The zero-order chi connectivity index (χ0) is 26.0. The van der Waals surface area contributed by atoms with Gasteiger partial charge < -0.3 is 25.2 Å². The summed E-state index contributed by atoms with van der Waals surface area (Å²) < 4.78 is 5.61. The summed E-state index contributed by atoms with van der Waals surface area (Å²) >= 11 is 0. The molecule has 8 nitrogen and oxygen atoms in total. The summed E-state index contributed by atoms with van der Waals surface area (Å²) in [6.07, 6.45) is 9.86. The lowest BCUT2D eigenvalue weighted by atomic mass is 9.68. The summed E-state index contributed by atoms with van der Waals surface area (Å²) in [7, 11) is 0. The first kappa shape index (κ1) is 27.2. The van der Waals surface area contributed by atoms with Gasteiger partial charge in [0.15, 0.2) is 0 Å². The predicted octanol–water partition coefficient (Wildman–Crippen LogP) is 3.77. The molecule has 5 atom stereocenters. The SMILES string of the molecule is CC(=O)N1C2CCC(C3CCC(C(=O)N4CCCC[C@@H]4CN)CC3)CC2N(C(=O)OC(C)C)C[C@@H]1C. The molecule has 2 saturated carbocycles. The number of amides is 3. The molecule has 4 rings (SSSR count). The van der Waals surface area contributed by atoms with Crippen LogP contribution in [0.3, 0.4) is 0 Å². The maximum Gasteiger partial charge on any atom is 0.410 e. The van der Waals surface area contributed by atoms with Crippen molar-refractivity contribution in [1.82, 2.24) is 14.7 Å². The van der Waals surface area contributed by atoms with Crippen LogP contribution in [0.15, 0.2) is 0 Å². The zero-order valence-corrected chi connectivity index (χ0v) is 22.9. The second-order valence-corrected chi connectivity index (χ2v) is 12.1. The maximum atomic E-state index is 13.3. The molecule has 36 heavy (non-hydrogen) atoms. The zero-order valence-electron chi connectivity index (χ0n) is 22.9. The van der Waals surface area contributed by atoms with Crippen LogP contribution in [0.4, 0.5) is 4.79 Å². The van der Waals surface area contributed by atoms with Crippen LogP contribution < -0.4 is 5.73 Å². The average Bonchev–Trinajstić information content (AvgIpc) is 2.86. The molecule has 2 saturated heterocycles. The molecule has 3 unspecified atom stereocenters. The van der Waals surface area contributed by atoms with Crippen LogP contribution in [0.25, 0.3) is 0 Å². The van der Waals surface area contributed by atoms with Gasteiger partial charge >= 0.3 is 6.09 Å². The van der Waals surface area contributed by atoms with E-state index in [1.54, 1.807) is 6.92 Å². The van der Waals surface area contributed by atoms with E-state index in [9.17, 15) is 14.4 Å². The Hall–Kier alpha value is -1.83. The van der Waals surface area contributed by atoms with Crippen molar-refractivity contribution in [2.75, 3.05) is 19.6 Å². The van der Waals surface area contributed by atoms with Gasteiger partial charge in [-0.05, 0) is 96.8 Å². The monoisotopic (exact) mass is 504 g/mol. The van der Waals surface area contributed by atoms with Crippen molar-refractivity contribution in [1.29, 1.82) is 0 Å². The number of piperazine rings is 1. The van der Waals surface area contributed by atoms with E-state index < -0.39 is 0 Å². The Bertz CT molecular complexity index is 796. The van der Waals surface area contributed by atoms with E-state index in [1.165, 1.54) is 6.42 Å². The minimum Gasteiger partial charge on any atom is -0.447 e. The molecule has 0 radical (unpaired) electrons. The van der Waals surface area contributed by atoms with E-state index in [-0.39, 0.29) is 48.2 Å². The van der Waals surface area contributed by atoms with Crippen LogP contribution in [0.1, 0.15) is 91.9 Å². The third kappa shape index (κ3) is 5.68. The minimum atomic E-state index is -0.249. The highest BCUT2D eigenvalue weighted by Crippen LogP contribution is 2.44. The highest BCUT2D eigenvalue weighted by Gasteiger charge is 2.48. The number of piperidine rings is 1. The van der Waals surface area contributed by atoms with Gasteiger partial charge in [0, 0.05) is 44.6 Å². The summed E-state index contributed by atoms with van der Waals surface area (Å²) in [5.41, 5.74) is 5.97. The van der Waals surface area contributed by atoms with Crippen molar-refractivity contribution in [3.63, 3.8) is 0 Å². The number of likely N-dealkylation sites (tertiary alicyclic amines) is 1. The molecule has 204 valence electrons. The van der Waals surface area contributed by atoms with Gasteiger partial charge in [0.05, 0.1) is 18.2 Å². The van der Waals surface area contributed by atoms with Crippen molar-refractivity contribution >= 4 is 17.9 Å². The van der Waals surface area contributed by atoms with E-state index in [1.807, 2.05) is 30.6 Å². The molecular weight excluding hydrogens is 456 g/mol. The quantitative estimate of drug-likeness (QED) is 0.629. The summed E-state index contributed by atoms with van der Waals surface area (Å²) in [6, 6.07) is 0.280. The molecule has 8 heteroatoms. The fourth-order valence-corrected chi connectivity index (χ4v) is 7.72. The normalized spacial score (nSPS) is 35.4. The standard InChI is InChI=1S/C28H48N4O4/c1-18(2)36-28(35)31-17-19(3)32(20(4)33)25-13-12-23(15-26(25)31)21-8-10-22(11-9-21)27(34)30-14-6-5-7-24(30)16-29/h18-19,21-26H,5-17,29H2,1-4H3/t19-,21?,22?,23?,24+,25?,26?/m0/s1. The van der Waals surface area contributed by atoms with Gasteiger partial charge in [-0.2, -0.15) is 0 Å². The molecule has 0 spiro atoms. The highest BCUT2D eigenvalue weighted by molar-refractivity contribution is 5.79. The number of hydrogen-bond donors (Lipinski definition) is 1. The highest BCUT2D eigenvalue weighted by atomic mass is 16.6. The Kier molecular flexibility index (Phi) is 8.84. The first-order valence-electron chi connectivity index (χ1n) is 14.5. The topological polar surface area (TPSA) is 96.2 Å². The van der Waals surface area contributed by atoms with Gasteiger partial charge in [-0.15, -0.1) is 0 Å². The van der Waals surface area contributed by atoms with E-state index >= 15 is 0 Å². The van der Waals surface area contributed by atoms with Crippen molar-refractivity contribution < 1.29 is 19.1 Å². The lowest BCUT2D eigenvalue weighted by Crippen LogP contribution is -2.67. The van der Waals surface area contributed by atoms with Crippen molar-refractivity contribution in [3.8, 4) is 0 Å². The lowest BCUT2D eigenvalue weighted by molar-refractivity contribution is -0.143. The van der Waals surface area contributed by atoms with Crippen molar-refractivity contribution in [2.24, 2.45) is 23.5 Å². The second kappa shape index (κ2) is 11.7. The molecule has 4 fully saturated rings. The third-order valence-corrected chi connectivity index (χ3v) is 9.42. The molecule has 2 N–H and O–H groups in total. The number of ether oxygens (including phenoxy) is 1. The molecule has 2 heterocycles. The molecule has 0 aromatic rings. The van der Waals surface area contributed by atoms with Gasteiger partial charge in [-0.3, -0.25) is 9.59 Å². The lowest BCUT2D eigenvalue weighted by Gasteiger charge is -2.54. The Morgan fingerprint density at radius 3 is 2.25 bits per heavy atom. The summed E-state index contributed by atoms with van der Waals surface area (Å²) in [5.74, 6) is 1.65. The van der Waals surface area contributed by atoms with Crippen LogP contribution in [-0.4, -0.2) is 82.5 Å². The van der Waals surface area contributed by atoms with E-state index in [0.29, 0.717) is 30.8 Å². The number of hydrogen-bond acceptors (Lipinski definition) is 5. The van der Waals surface area contributed by atoms with Crippen LogP contribution >= 0.6 is 0 Å². The summed E-state index contributed by atoms with van der Waals surface area (Å²) in [5, 5.41) is 0. The first-order valence-corrected chi connectivity index (χ1v) is 14.5. The second-order valence-electron chi connectivity index (χ2n) is 12.1. The predicted molar refractivity (Wildman–Crippen MR) is 139 cm³/mol. The molecule has 3 amide bonds. The number of rotatable bonds is 4. The van der Waals surface area contributed by atoms with E-state index in [4.69, 9.17) is 10.5 Å². The molecule has 0 aromatic heterocycles. The van der Waals surface area contributed by atoms with E-state index in [2.05, 4.69) is 4.90 Å². The number of nitrogens with two attached hydrogens (primary N) is 1. The van der Waals surface area contributed by atoms with Gasteiger partial charge in [0.2, 0.25) is 11.8 Å². The van der Waals surface area contributed by atoms with Crippen molar-refractivity contribution in [2.45, 2.75) is 122 Å². The van der Waals surface area contributed by atoms with Gasteiger partial charge in [-0.1, -0.05) is 0 Å². The van der Waals surface area contributed by atoms with Crippen LogP contribution in [0, 0.1) is 17.8 Å². The summed E-state index contributed by atoms with van der Waals surface area (Å²) in [4.78, 5) is 44.9.